The number of aromatic nitrogens is 4. The summed E-state index contributed by atoms with van der Waals surface area (Å²) in [5, 5.41) is 1.66. The van der Waals surface area contributed by atoms with Gasteiger partial charge in [0.05, 0.1) is 35.2 Å². The molecule has 326 valence electrons. The molecule has 0 aliphatic carbocycles. The number of halogens is 4. The molecule has 2 aliphatic rings. The van der Waals surface area contributed by atoms with Crippen LogP contribution in [0.2, 0.25) is 0 Å². The lowest BCUT2D eigenvalue weighted by Gasteiger charge is -2.29. The maximum atomic E-state index is 13.8. The van der Waals surface area contributed by atoms with E-state index in [4.69, 9.17) is 9.47 Å². The van der Waals surface area contributed by atoms with Crippen molar-refractivity contribution in [2.45, 2.75) is 65.4 Å². The molecule has 6 aromatic rings. The summed E-state index contributed by atoms with van der Waals surface area (Å²) in [4.78, 5) is 70.1. The Morgan fingerprint density at radius 3 is 1.49 bits per heavy atom. The zero-order valence-corrected chi connectivity index (χ0v) is 35.5. The molecule has 0 saturated heterocycles. The largest absolute Gasteiger partial charge is 0.462 e. The maximum absolute atomic E-state index is 13.8. The number of benzene rings is 2. The monoisotopic (exact) mass is 864 g/mol. The van der Waals surface area contributed by atoms with Gasteiger partial charge in [0.2, 0.25) is 0 Å². The van der Waals surface area contributed by atoms with E-state index in [1.165, 1.54) is 34.3 Å². The number of amides is 2. The molecule has 6 heterocycles. The third kappa shape index (κ3) is 8.57. The highest BCUT2D eigenvalue weighted by Gasteiger charge is 2.39. The van der Waals surface area contributed by atoms with Crippen LogP contribution in [0.3, 0.4) is 0 Å². The molecule has 2 aliphatic heterocycles. The second kappa shape index (κ2) is 17.0. The number of nitrogens with zero attached hydrogens (tertiary/aromatic N) is 4. The number of hydrogen-bond donors (Lipinski definition) is 2. The standard InChI is InChI=1S/C24H23F2N3O3.C23H21F2N3O3/c1-13(2)32-23(31)16-11-29(22(30)14-7-8-17(25)18(26)10-14)12-24(3,4)19-15-6-5-9-27-21(15)28-20(16)19;1-4-31-22(30)15-11-28(21(29)13-7-8-16(24)17(25)10-13)12-23(2,3)18-14-6-5-9-26-20(14)27-19(15)18/h5-11,13H,12H2,1-4H3,(H,27,28);5-11H,4,12H2,1-3H3,(H,26,27). The molecule has 8 rings (SSSR count). The fraction of sp³-hybridized carbons (Fsp3) is 0.277. The lowest BCUT2D eigenvalue weighted by Crippen LogP contribution is -2.37. The van der Waals surface area contributed by atoms with Gasteiger partial charge in [-0.25, -0.2) is 37.1 Å². The van der Waals surface area contributed by atoms with Gasteiger partial charge in [-0.1, -0.05) is 27.7 Å². The lowest BCUT2D eigenvalue weighted by atomic mass is 9.82. The van der Waals surface area contributed by atoms with Crippen molar-refractivity contribution in [1.29, 1.82) is 0 Å². The summed E-state index contributed by atoms with van der Waals surface area (Å²) in [6, 6.07) is 13.4. The van der Waals surface area contributed by atoms with Gasteiger partial charge in [-0.15, -0.1) is 0 Å². The number of H-pyrrole nitrogens is 2. The van der Waals surface area contributed by atoms with E-state index in [1.54, 1.807) is 45.3 Å². The van der Waals surface area contributed by atoms with Gasteiger partial charge < -0.3 is 29.2 Å². The quantitative estimate of drug-likeness (QED) is 0.125. The van der Waals surface area contributed by atoms with Crippen molar-refractivity contribution in [1.82, 2.24) is 29.7 Å². The van der Waals surface area contributed by atoms with E-state index in [2.05, 4.69) is 19.9 Å². The van der Waals surface area contributed by atoms with Crippen molar-refractivity contribution in [3.05, 3.63) is 142 Å². The minimum absolute atomic E-state index is 0.0220. The Labute approximate surface area is 359 Å². The van der Waals surface area contributed by atoms with Gasteiger partial charge in [0, 0.05) is 70.6 Å². The zero-order chi connectivity index (χ0) is 45.5. The molecule has 63 heavy (non-hydrogen) atoms. The SMILES string of the molecule is CC(C)OC(=O)C1=CN(C(=O)c2ccc(F)c(F)c2)CC(C)(C)c2c1[nH]c1ncccc21.CCOC(=O)C1=CN(C(=O)c2ccc(F)c(F)c2)CC(C)(C)c2c1[nH]c1ncccc21. The molecular formula is C47H44F4N6O6. The number of carbonyl (C=O) groups excluding carboxylic acids is 4. The van der Waals surface area contributed by atoms with Crippen molar-refractivity contribution in [3.8, 4) is 0 Å². The van der Waals surface area contributed by atoms with E-state index in [0.29, 0.717) is 22.7 Å². The number of carbonyl (C=O) groups is 4. The van der Waals surface area contributed by atoms with Crippen molar-refractivity contribution >= 4 is 57.0 Å². The number of nitrogens with one attached hydrogen (secondary N) is 2. The van der Waals surface area contributed by atoms with Crippen LogP contribution >= 0.6 is 0 Å². The highest BCUT2D eigenvalue weighted by atomic mass is 19.2. The van der Waals surface area contributed by atoms with Crippen LogP contribution in [-0.2, 0) is 29.9 Å². The molecule has 0 radical (unpaired) electrons. The number of fused-ring (bicyclic) bond motifs is 6. The maximum Gasteiger partial charge on any atom is 0.342 e. The van der Waals surface area contributed by atoms with E-state index < -0.39 is 57.9 Å². The first-order valence-corrected chi connectivity index (χ1v) is 20.1. The van der Waals surface area contributed by atoms with Gasteiger partial charge in [0.1, 0.15) is 11.3 Å². The van der Waals surface area contributed by atoms with E-state index in [9.17, 15) is 36.7 Å². The van der Waals surface area contributed by atoms with Gasteiger partial charge in [-0.05, 0) is 92.6 Å². The lowest BCUT2D eigenvalue weighted by molar-refractivity contribution is -0.140. The summed E-state index contributed by atoms with van der Waals surface area (Å²) in [6.07, 6.45) is 5.75. The molecule has 16 heteroatoms. The second-order valence-corrected chi connectivity index (χ2v) is 16.7. The Morgan fingerprint density at radius 2 is 1.10 bits per heavy atom. The number of aromatic amines is 2. The fourth-order valence-electron chi connectivity index (χ4n) is 8.04. The van der Waals surface area contributed by atoms with Crippen LogP contribution in [0.15, 0.2) is 85.5 Å². The predicted molar refractivity (Wildman–Crippen MR) is 227 cm³/mol. The average Bonchev–Trinajstić information content (AvgIpc) is 3.76. The number of hydrogen-bond acceptors (Lipinski definition) is 8. The predicted octanol–water partition coefficient (Wildman–Crippen LogP) is 8.75. The van der Waals surface area contributed by atoms with Gasteiger partial charge in [0.25, 0.3) is 11.8 Å². The van der Waals surface area contributed by atoms with E-state index >= 15 is 0 Å². The molecule has 12 nitrogen and oxygen atoms in total. The first-order valence-electron chi connectivity index (χ1n) is 20.1. The highest BCUT2D eigenvalue weighted by Crippen LogP contribution is 2.42. The van der Waals surface area contributed by atoms with Gasteiger partial charge in [-0.3, -0.25) is 9.59 Å². The molecular weight excluding hydrogens is 821 g/mol. The minimum Gasteiger partial charge on any atom is -0.462 e. The molecule has 0 fully saturated rings. The Balaban J connectivity index is 0.000000189. The second-order valence-electron chi connectivity index (χ2n) is 16.7. The Kier molecular flexibility index (Phi) is 11.9. The van der Waals surface area contributed by atoms with Crippen LogP contribution in [0.4, 0.5) is 17.6 Å². The molecule has 2 N–H and O–H groups in total. The summed E-state index contributed by atoms with van der Waals surface area (Å²) >= 11 is 0. The number of rotatable bonds is 6. The fourth-order valence-corrected chi connectivity index (χ4v) is 8.04. The molecule has 2 amide bonds. The van der Waals surface area contributed by atoms with Crippen molar-refractivity contribution < 1.29 is 46.2 Å². The van der Waals surface area contributed by atoms with Crippen LogP contribution in [-0.4, -0.2) is 79.3 Å². The Hall–Kier alpha value is -7.10. The van der Waals surface area contributed by atoms with Crippen LogP contribution in [0.25, 0.3) is 33.2 Å². The topological polar surface area (TPSA) is 151 Å². The zero-order valence-electron chi connectivity index (χ0n) is 35.5. The van der Waals surface area contributed by atoms with Crippen LogP contribution in [0.1, 0.15) is 91.7 Å². The molecule has 2 aromatic carbocycles. The molecule has 0 bridgehead atoms. The summed E-state index contributed by atoms with van der Waals surface area (Å²) in [5.41, 5.74) is 3.01. The van der Waals surface area contributed by atoms with Crippen LogP contribution < -0.4 is 0 Å². The third-order valence-corrected chi connectivity index (χ3v) is 10.6. The number of esters is 2. The Morgan fingerprint density at radius 1 is 0.667 bits per heavy atom. The summed E-state index contributed by atoms with van der Waals surface area (Å²) in [7, 11) is 0. The van der Waals surface area contributed by atoms with E-state index in [-0.39, 0.29) is 48.1 Å². The molecule has 0 saturated carbocycles. The third-order valence-electron chi connectivity index (χ3n) is 10.6. The van der Waals surface area contributed by atoms with E-state index in [1.807, 2.05) is 39.8 Å². The molecule has 0 spiro atoms. The van der Waals surface area contributed by atoms with Crippen LogP contribution in [0, 0.1) is 23.3 Å². The van der Waals surface area contributed by atoms with Crippen molar-refractivity contribution in [2.24, 2.45) is 0 Å². The summed E-state index contributed by atoms with van der Waals surface area (Å²) < 4.78 is 64.9. The van der Waals surface area contributed by atoms with Crippen molar-refractivity contribution in [3.63, 3.8) is 0 Å². The summed E-state index contributed by atoms with van der Waals surface area (Å²) in [5.74, 6) is -6.62. The van der Waals surface area contributed by atoms with Gasteiger partial charge >= 0.3 is 11.9 Å². The molecule has 4 aromatic heterocycles. The van der Waals surface area contributed by atoms with Crippen molar-refractivity contribution in [2.75, 3.05) is 19.7 Å². The minimum atomic E-state index is -1.12. The smallest absolute Gasteiger partial charge is 0.342 e. The summed E-state index contributed by atoms with van der Waals surface area (Å²) in [6.45, 7) is 13.5. The van der Waals surface area contributed by atoms with Crippen LogP contribution in [0.5, 0.6) is 0 Å². The van der Waals surface area contributed by atoms with E-state index in [0.717, 1.165) is 46.2 Å². The van der Waals surface area contributed by atoms with Gasteiger partial charge in [-0.2, -0.15) is 0 Å². The average molecular weight is 865 g/mol. The first-order chi connectivity index (χ1) is 29.8. The highest BCUT2D eigenvalue weighted by molar-refractivity contribution is 6.19. The Bertz CT molecular complexity index is 2880. The number of pyridine rings is 2. The normalized spacial score (nSPS) is 15.3. The first kappa shape index (κ1) is 44.0. The molecule has 0 atom stereocenters. The van der Waals surface area contributed by atoms with Gasteiger partial charge in [0.15, 0.2) is 23.3 Å². The molecule has 0 unspecified atom stereocenters. The number of ether oxygens (including phenoxy) is 2.